The highest BCUT2D eigenvalue weighted by atomic mass is 16.1. The highest BCUT2D eigenvalue weighted by Gasteiger charge is 2.19. The lowest BCUT2D eigenvalue weighted by atomic mass is 9.93. The summed E-state index contributed by atoms with van der Waals surface area (Å²) in [6, 6.07) is 7.90. The summed E-state index contributed by atoms with van der Waals surface area (Å²) in [5.74, 6) is 0.421. The molecule has 0 aliphatic carbocycles. The SMILES string of the molecule is CCC(C)[C@@H](N)c1cn(C(C)=O)c2ccccc12. The van der Waals surface area contributed by atoms with Crippen molar-refractivity contribution in [3.05, 3.63) is 36.0 Å². The Morgan fingerprint density at radius 2 is 2.06 bits per heavy atom. The second kappa shape index (κ2) is 4.94. The summed E-state index contributed by atoms with van der Waals surface area (Å²) in [5, 5.41) is 1.08. The van der Waals surface area contributed by atoms with Gasteiger partial charge in [-0.05, 0) is 17.5 Å². The molecule has 1 aromatic heterocycles. The van der Waals surface area contributed by atoms with Crippen LogP contribution in [0.15, 0.2) is 30.5 Å². The van der Waals surface area contributed by atoms with Gasteiger partial charge in [0.2, 0.25) is 5.91 Å². The fourth-order valence-electron chi connectivity index (χ4n) is 2.29. The average Bonchev–Trinajstić information content (AvgIpc) is 2.76. The molecule has 0 saturated carbocycles. The minimum absolute atomic E-state index is 0.0220. The Balaban J connectivity index is 2.61. The van der Waals surface area contributed by atoms with Gasteiger partial charge in [0.15, 0.2) is 0 Å². The van der Waals surface area contributed by atoms with Crippen molar-refractivity contribution in [3.63, 3.8) is 0 Å². The molecule has 2 atom stereocenters. The quantitative estimate of drug-likeness (QED) is 0.900. The number of nitrogens with two attached hydrogens (primary N) is 1. The minimum atomic E-state index is -0.0273. The molecule has 0 fully saturated rings. The predicted octanol–water partition coefficient (Wildman–Crippen LogP) is 3.35. The molecule has 2 aromatic rings. The van der Waals surface area contributed by atoms with Crippen LogP contribution in [0.5, 0.6) is 0 Å². The van der Waals surface area contributed by atoms with Gasteiger partial charge in [-0.3, -0.25) is 9.36 Å². The summed E-state index contributed by atoms with van der Waals surface area (Å²) in [5.41, 5.74) is 8.31. The van der Waals surface area contributed by atoms with Gasteiger partial charge in [-0.2, -0.15) is 0 Å². The summed E-state index contributed by atoms with van der Waals surface area (Å²) in [6.45, 7) is 5.85. The van der Waals surface area contributed by atoms with Crippen LogP contribution in [0.1, 0.15) is 43.6 Å². The first-order valence-corrected chi connectivity index (χ1v) is 6.42. The van der Waals surface area contributed by atoms with Crippen LogP contribution in [0, 0.1) is 5.92 Å². The van der Waals surface area contributed by atoms with Gasteiger partial charge in [-0.15, -0.1) is 0 Å². The molecule has 1 aromatic carbocycles. The lowest BCUT2D eigenvalue weighted by Crippen LogP contribution is -2.18. The largest absolute Gasteiger partial charge is 0.324 e. The molecule has 0 aliphatic heterocycles. The van der Waals surface area contributed by atoms with Crippen LogP contribution in [0.3, 0.4) is 0 Å². The fourth-order valence-corrected chi connectivity index (χ4v) is 2.29. The van der Waals surface area contributed by atoms with E-state index in [9.17, 15) is 4.79 Å². The first-order valence-electron chi connectivity index (χ1n) is 6.42. The Morgan fingerprint density at radius 3 is 2.67 bits per heavy atom. The zero-order valence-electron chi connectivity index (χ0n) is 11.2. The number of rotatable bonds is 3. The van der Waals surface area contributed by atoms with Crippen molar-refractivity contribution < 1.29 is 4.79 Å². The van der Waals surface area contributed by atoms with Crippen LogP contribution in [-0.4, -0.2) is 10.5 Å². The van der Waals surface area contributed by atoms with Gasteiger partial charge in [0.05, 0.1) is 5.52 Å². The molecule has 2 rings (SSSR count). The summed E-state index contributed by atoms with van der Waals surface area (Å²) in [4.78, 5) is 11.7. The maximum absolute atomic E-state index is 11.7. The molecule has 3 nitrogen and oxygen atoms in total. The van der Waals surface area contributed by atoms with Crippen LogP contribution >= 0.6 is 0 Å². The Morgan fingerprint density at radius 1 is 1.39 bits per heavy atom. The van der Waals surface area contributed by atoms with Crippen molar-refractivity contribution in [2.75, 3.05) is 0 Å². The summed E-state index contributed by atoms with van der Waals surface area (Å²) < 4.78 is 1.69. The minimum Gasteiger partial charge on any atom is -0.324 e. The summed E-state index contributed by atoms with van der Waals surface area (Å²) in [6.07, 6.45) is 2.92. The second-order valence-corrected chi connectivity index (χ2v) is 4.90. The number of carbonyl (C=O) groups is 1. The predicted molar refractivity (Wildman–Crippen MR) is 74.6 cm³/mol. The van der Waals surface area contributed by atoms with Gasteiger partial charge >= 0.3 is 0 Å². The van der Waals surface area contributed by atoms with Crippen LogP contribution in [0.4, 0.5) is 0 Å². The van der Waals surface area contributed by atoms with E-state index in [-0.39, 0.29) is 11.9 Å². The third-order valence-corrected chi connectivity index (χ3v) is 3.70. The standard InChI is InChI=1S/C15H20N2O/c1-4-10(2)15(16)13-9-17(11(3)18)14-8-6-5-7-12(13)14/h5-10,15H,4,16H2,1-3H3/t10?,15-/m1/s1. The molecule has 96 valence electrons. The summed E-state index contributed by atoms with van der Waals surface area (Å²) in [7, 11) is 0. The van der Waals surface area contributed by atoms with Gasteiger partial charge < -0.3 is 5.73 Å². The maximum atomic E-state index is 11.7. The van der Waals surface area contributed by atoms with E-state index in [0.717, 1.165) is 22.9 Å². The first kappa shape index (κ1) is 12.8. The first-order chi connectivity index (χ1) is 8.56. The molecule has 3 heteroatoms. The molecular formula is C15H20N2O. The van der Waals surface area contributed by atoms with Gasteiger partial charge in [0.25, 0.3) is 0 Å². The second-order valence-electron chi connectivity index (χ2n) is 4.90. The van der Waals surface area contributed by atoms with Gasteiger partial charge in [-0.1, -0.05) is 38.5 Å². The zero-order valence-corrected chi connectivity index (χ0v) is 11.2. The highest BCUT2D eigenvalue weighted by molar-refractivity contribution is 5.93. The van der Waals surface area contributed by atoms with E-state index in [1.54, 1.807) is 11.5 Å². The smallest absolute Gasteiger partial charge is 0.227 e. The Hall–Kier alpha value is -1.61. The Labute approximate surface area is 108 Å². The topological polar surface area (TPSA) is 48.0 Å². The number of para-hydroxylation sites is 1. The third kappa shape index (κ3) is 2.06. The van der Waals surface area contributed by atoms with Crippen molar-refractivity contribution >= 4 is 16.8 Å². The number of hydrogen-bond acceptors (Lipinski definition) is 2. The van der Waals surface area contributed by atoms with E-state index in [1.807, 2.05) is 30.5 Å². The molecule has 1 heterocycles. The number of fused-ring (bicyclic) bond motifs is 1. The molecular weight excluding hydrogens is 224 g/mol. The molecule has 0 radical (unpaired) electrons. The molecule has 0 spiro atoms. The van der Waals surface area contributed by atoms with Gasteiger partial charge in [-0.25, -0.2) is 0 Å². The molecule has 0 aliphatic rings. The van der Waals surface area contributed by atoms with E-state index in [1.165, 1.54) is 0 Å². The maximum Gasteiger partial charge on any atom is 0.227 e. The van der Waals surface area contributed by atoms with E-state index in [2.05, 4.69) is 13.8 Å². The molecule has 2 N–H and O–H groups in total. The van der Waals surface area contributed by atoms with Crippen LogP contribution in [0.25, 0.3) is 10.9 Å². The Bertz CT molecular complexity index is 571. The zero-order chi connectivity index (χ0) is 13.3. The number of hydrogen-bond donors (Lipinski definition) is 1. The third-order valence-electron chi connectivity index (χ3n) is 3.70. The lowest BCUT2D eigenvalue weighted by molar-refractivity contribution is 0.0941. The number of aromatic nitrogens is 1. The van der Waals surface area contributed by atoms with Crippen LogP contribution in [-0.2, 0) is 0 Å². The van der Waals surface area contributed by atoms with Gasteiger partial charge in [0.1, 0.15) is 0 Å². The van der Waals surface area contributed by atoms with Crippen molar-refractivity contribution in [1.29, 1.82) is 0 Å². The van der Waals surface area contributed by atoms with Crippen molar-refractivity contribution in [1.82, 2.24) is 4.57 Å². The molecule has 0 bridgehead atoms. The molecule has 18 heavy (non-hydrogen) atoms. The van der Waals surface area contributed by atoms with Gasteiger partial charge in [0, 0.05) is 24.5 Å². The van der Waals surface area contributed by atoms with Crippen molar-refractivity contribution in [2.24, 2.45) is 11.7 Å². The highest BCUT2D eigenvalue weighted by Crippen LogP contribution is 2.30. The Kier molecular flexibility index (Phi) is 3.53. The normalized spacial score (nSPS) is 14.7. The lowest BCUT2D eigenvalue weighted by Gasteiger charge is -2.17. The molecule has 1 unspecified atom stereocenters. The fraction of sp³-hybridized carbons (Fsp3) is 0.400. The van der Waals surface area contributed by atoms with E-state index in [0.29, 0.717) is 5.92 Å². The monoisotopic (exact) mass is 244 g/mol. The number of carbonyl (C=O) groups excluding carboxylic acids is 1. The molecule has 0 saturated heterocycles. The number of nitrogens with zero attached hydrogens (tertiary/aromatic N) is 1. The summed E-state index contributed by atoms with van der Waals surface area (Å²) >= 11 is 0. The van der Waals surface area contributed by atoms with Crippen LogP contribution in [0.2, 0.25) is 0 Å². The van der Waals surface area contributed by atoms with E-state index in [4.69, 9.17) is 5.73 Å². The van der Waals surface area contributed by atoms with Crippen LogP contribution < -0.4 is 5.73 Å². The number of benzene rings is 1. The molecule has 0 amide bonds. The average molecular weight is 244 g/mol. The van der Waals surface area contributed by atoms with E-state index >= 15 is 0 Å². The van der Waals surface area contributed by atoms with Crippen molar-refractivity contribution in [3.8, 4) is 0 Å². The van der Waals surface area contributed by atoms with Crippen molar-refractivity contribution in [2.45, 2.75) is 33.2 Å². The van der Waals surface area contributed by atoms with E-state index < -0.39 is 0 Å².